The number of nitrogens with zero attached hydrogens (tertiary/aromatic N) is 2. The number of aromatic hydroxyl groups is 1. The molecule has 0 saturated heterocycles. The number of halogens is 2. The van der Waals surface area contributed by atoms with E-state index in [2.05, 4.69) is 55.2 Å². The standard InChI is InChI=1S/C21H14I2N2O2/c1-12-3-2-4-18-19(12)25-21(27-18)13-5-7-16(8-6-13)24-11-14-9-15(22)10-17(23)20(14)26/h2-11,26H,1H3. The lowest BCUT2D eigenvalue weighted by Gasteiger charge is -2.03. The lowest BCUT2D eigenvalue weighted by molar-refractivity contribution is 0.470. The first-order valence-electron chi connectivity index (χ1n) is 8.20. The Bertz CT molecular complexity index is 1160. The molecule has 4 nitrogen and oxygen atoms in total. The fraction of sp³-hybridized carbons (Fsp3) is 0.0476. The summed E-state index contributed by atoms with van der Waals surface area (Å²) in [6.07, 6.45) is 1.68. The first kappa shape index (κ1) is 18.4. The SMILES string of the molecule is Cc1cccc2oc(-c3ccc(N=Cc4cc(I)cc(I)c4O)cc3)nc12. The summed E-state index contributed by atoms with van der Waals surface area (Å²) in [6.45, 7) is 2.02. The Morgan fingerprint density at radius 1 is 1.07 bits per heavy atom. The number of para-hydroxylation sites is 1. The maximum Gasteiger partial charge on any atom is 0.227 e. The van der Waals surface area contributed by atoms with Crippen molar-refractivity contribution in [3.8, 4) is 17.2 Å². The topological polar surface area (TPSA) is 58.6 Å². The number of benzene rings is 3. The van der Waals surface area contributed by atoms with Gasteiger partial charge in [0.05, 0.1) is 9.26 Å². The van der Waals surface area contributed by atoms with Crippen molar-refractivity contribution < 1.29 is 9.52 Å². The van der Waals surface area contributed by atoms with Crippen LogP contribution in [0.25, 0.3) is 22.6 Å². The number of phenolic OH excluding ortho intramolecular Hbond substituents is 1. The number of aryl methyl sites for hydroxylation is 1. The number of phenols is 1. The summed E-state index contributed by atoms with van der Waals surface area (Å²) >= 11 is 4.34. The van der Waals surface area contributed by atoms with Crippen LogP contribution in [0.4, 0.5) is 5.69 Å². The van der Waals surface area contributed by atoms with Gasteiger partial charge in [-0.1, -0.05) is 12.1 Å². The molecule has 27 heavy (non-hydrogen) atoms. The third-order valence-corrected chi connectivity index (χ3v) is 5.59. The zero-order valence-electron chi connectivity index (χ0n) is 14.3. The van der Waals surface area contributed by atoms with Crippen molar-refractivity contribution in [3.05, 3.63) is 72.9 Å². The zero-order chi connectivity index (χ0) is 19.0. The average molecular weight is 580 g/mol. The molecule has 0 fully saturated rings. The Kier molecular flexibility index (Phi) is 5.18. The van der Waals surface area contributed by atoms with E-state index in [-0.39, 0.29) is 5.75 Å². The van der Waals surface area contributed by atoms with Crippen molar-refractivity contribution in [2.45, 2.75) is 6.92 Å². The van der Waals surface area contributed by atoms with Crippen LogP contribution >= 0.6 is 45.2 Å². The van der Waals surface area contributed by atoms with E-state index >= 15 is 0 Å². The molecule has 6 heteroatoms. The number of aliphatic imine (C=N–C) groups is 1. The molecule has 0 unspecified atom stereocenters. The Hall–Kier alpha value is -1.94. The number of fused-ring (bicyclic) bond motifs is 1. The fourth-order valence-electron chi connectivity index (χ4n) is 2.73. The van der Waals surface area contributed by atoms with Gasteiger partial charge in [0.15, 0.2) is 5.58 Å². The lowest BCUT2D eigenvalue weighted by Crippen LogP contribution is -1.87. The highest BCUT2D eigenvalue weighted by atomic mass is 127. The Labute approximate surface area is 183 Å². The van der Waals surface area contributed by atoms with Crippen LogP contribution in [0.3, 0.4) is 0 Å². The molecule has 4 aromatic rings. The minimum absolute atomic E-state index is 0.248. The highest BCUT2D eigenvalue weighted by molar-refractivity contribution is 14.1. The highest BCUT2D eigenvalue weighted by Gasteiger charge is 2.10. The molecule has 3 aromatic carbocycles. The van der Waals surface area contributed by atoms with E-state index in [0.717, 1.165) is 35.1 Å². The summed E-state index contributed by atoms with van der Waals surface area (Å²) in [5, 5.41) is 10.2. The number of hydrogen-bond acceptors (Lipinski definition) is 4. The molecule has 0 saturated carbocycles. The smallest absolute Gasteiger partial charge is 0.227 e. The van der Waals surface area contributed by atoms with E-state index in [1.165, 1.54) is 0 Å². The molecule has 0 amide bonds. The molecular weight excluding hydrogens is 566 g/mol. The molecule has 0 aliphatic rings. The second-order valence-electron chi connectivity index (χ2n) is 6.07. The normalized spacial score (nSPS) is 11.5. The molecule has 0 radical (unpaired) electrons. The summed E-state index contributed by atoms with van der Waals surface area (Å²) in [5.74, 6) is 0.845. The van der Waals surface area contributed by atoms with Crippen LogP contribution in [0.5, 0.6) is 5.75 Å². The molecular formula is C21H14I2N2O2. The van der Waals surface area contributed by atoms with E-state index in [0.29, 0.717) is 11.5 Å². The van der Waals surface area contributed by atoms with Gasteiger partial charge in [-0.05, 0) is 100 Å². The van der Waals surface area contributed by atoms with Gasteiger partial charge in [-0.15, -0.1) is 0 Å². The van der Waals surface area contributed by atoms with Gasteiger partial charge in [0, 0.05) is 20.9 Å². The van der Waals surface area contributed by atoms with Crippen LogP contribution in [0.2, 0.25) is 0 Å². The maximum absolute atomic E-state index is 10.2. The van der Waals surface area contributed by atoms with E-state index < -0.39 is 0 Å². The monoisotopic (exact) mass is 580 g/mol. The first-order chi connectivity index (χ1) is 13.0. The maximum atomic E-state index is 10.2. The Morgan fingerprint density at radius 2 is 1.85 bits per heavy atom. The Balaban J connectivity index is 1.61. The summed E-state index contributed by atoms with van der Waals surface area (Å²) in [5.41, 5.74) is 5.16. The summed E-state index contributed by atoms with van der Waals surface area (Å²) in [6, 6.07) is 17.4. The summed E-state index contributed by atoms with van der Waals surface area (Å²) in [4.78, 5) is 9.07. The van der Waals surface area contributed by atoms with Gasteiger partial charge in [0.25, 0.3) is 0 Å². The number of hydrogen-bond donors (Lipinski definition) is 1. The minimum Gasteiger partial charge on any atom is -0.506 e. The first-order valence-corrected chi connectivity index (χ1v) is 10.4. The van der Waals surface area contributed by atoms with Crippen molar-refractivity contribution >= 4 is 68.2 Å². The van der Waals surface area contributed by atoms with Crippen molar-refractivity contribution in [2.75, 3.05) is 0 Å². The van der Waals surface area contributed by atoms with Crippen molar-refractivity contribution in [2.24, 2.45) is 4.99 Å². The molecule has 1 N–H and O–H groups in total. The fourth-order valence-corrected chi connectivity index (χ4v) is 4.62. The minimum atomic E-state index is 0.248. The summed E-state index contributed by atoms with van der Waals surface area (Å²) in [7, 11) is 0. The van der Waals surface area contributed by atoms with Gasteiger partial charge in [-0.3, -0.25) is 4.99 Å². The van der Waals surface area contributed by atoms with E-state index in [9.17, 15) is 5.11 Å². The van der Waals surface area contributed by atoms with Crippen LogP contribution in [0.15, 0.2) is 64.0 Å². The van der Waals surface area contributed by atoms with Crippen LogP contribution < -0.4 is 0 Å². The van der Waals surface area contributed by atoms with E-state index in [4.69, 9.17) is 4.42 Å². The molecule has 0 aliphatic heterocycles. The molecule has 1 aromatic heterocycles. The second-order valence-corrected chi connectivity index (χ2v) is 8.48. The van der Waals surface area contributed by atoms with Crippen LogP contribution in [-0.2, 0) is 0 Å². The van der Waals surface area contributed by atoms with Crippen molar-refractivity contribution in [1.82, 2.24) is 4.98 Å². The largest absolute Gasteiger partial charge is 0.506 e. The van der Waals surface area contributed by atoms with Crippen LogP contribution in [0.1, 0.15) is 11.1 Å². The molecule has 0 atom stereocenters. The van der Waals surface area contributed by atoms with Crippen LogP contribution in [0, 0.1) is 14.1 Å². The third-order valence-electron chi connectivity index (χ3n) is 4.15. The molecule has 1 heterocycles. The molecule has 0 bridgehead atoms. The predicted molar refractivity (Wildman–Crippen MR) is 125 cm³/mol. The van der Waals surface area contributed by atoms with Crippen molar-refractivity contribution in [3.63, 3.8) is 0 Å². The van der Waals surface area contributed by atoms with Gasteiger partial charge in [-0.25, -0.2) is 4.98 Å². The highest BCUT2D eigenvalue weighted by Crippen LogP contribution is 2.28. The van der Waals surface area contributed by atoms with E-state index in [1.807, 2.05) is 61.5 Å². The lowest BCUT2D eigenvalue weighted by atomic mass is 10.2. The number of aromatic nitrogens is 1. The molecule has 4 rings (SSSR count). The van der Waals surface area contributed by atoms with Gasteiger partial charge in [0.2, 0.25) is 5.89 Å². The number of oxazole rings is 1. The van der Waals surface area contributed by atoms with Gasteiger partial charge in [-0.2, -0.15) is 0 Å². The zero-order valence-corrected chi connectivity index (χ0v) is 18.6. The molecule has 0 spiro atoms. The van der Waals surface area contributed by atoms with Gasteiger partial charge >= 0.3 is 0 Å². The predicted octanol–water partition coefficient (Wildman–Crippen LogP) is 6.47. The van der Waals surface area contributed by atoms with E-state index in [1.54, 1.807) is 6.21 Å². The summed E-state index contributed by atoms with van der Waals surface area (Å²) < 4.78 is 7.72. The molecule has 0 aliphatic carbocycles. The average Bonchev–Trinajstić information content (AvgIpc) is 3.10. The quantitative estimate of drug-likeness (QED) is 0.224. The van der Waals surface area contributed by atoms with Gasteiger partial charge in [0.1, 0.15) is 11.3 Å². The Morgan fingerprint density at radius 3 is 2.59 bits per heavy atom. The number of rotatable bonds is 3. The van der Waals surface area contributed by atoms with Gasteiger partial charge < -0.3 is 9.52 Å². The second kappa shape index (κ2) is 7.59. The van der Waals surface area contributed by atoms with Crippen molar-refractivity contribution in [1.29, 1.82) is 0 Å². The van der Waals surface area contributed by atoms with Crippen LogP contribution in [-0.4, -0.2) is 16.3 Å². The third kappa shape index (κ3) is 3.86. The molecule has 134 valence electrons.